The van der Waals surface area contributed by atoms with Crippen molar-refractivity contribution in [1.29, 1.82) is 0 Å². The molecule has 0 aliphatic carbocycles. The molecule has 1 aromatic carbocycles. The third-order valence-electron chi connectivity index (χ3n) is 3.49. The van der Waals surface area contributed by atoms with Crippen LogP contribution < -0.4 is 4.74 Å². The molecule has 1 unspecified atom stereocenters. The van der Waals surface area contributed by atoms with E-state index in [1.54, 1.807) is 7.11 Å². The van der Waals surface area contributed by atoms with Crippen molar-refractivity contribution in [3.05, 3.63) is 30.1 Å². The molecule has 0 fully saturated rings. The Balaban J connectivity index is 2.07. The predicted molar refractivity (Wildman–Crippen MR) is 69.7 cm³/mol. The second-order valence-corrected chi connectivity index (χ2v) is 4.74. The summed E-state index contributed by atoms with van der Waals surface area (Å²) in [6.45, 7) is 2.20. The molecular formula is C14H17N3O. The summed E-state index contributed by atoms with van der Waals surface area (Å²) in [6.07, 6.45) is 3.40. The fraction of sp³-hybridized carbons (Fsp3) is 0.429. The molecule has 1 aromatic heterocycles. The van der Waals surface area contributed by atoms with Crippen molar-refractivity contribution in [2.45, 2.75) is 32.2 Å². The maximum Gasteiger partial charge on any atom is 0.185 e. The van der Waals surface area contributed by atoms with E-state index >= 15 is 0 Å². The number of fused-ring (bicyclic) bond motifs is 1. The van der Waals surface area contributed by atoms with E-state index < -0.39 is 0 Å². The Hall–Kier alpha value is -1.84. The quantitative estimate of drug-likeness (QED) is 0.814. The van der Waals surface area contributed by atoms with Crippen LogP contribution >= 0.6 is 0 Å². The van der Waals surface area contributed by atoms with Crippen LogP contribution in [-0.4, -0.2) is 21.9 Å². The lowest BCUT2D eigenvalue weighted by molar-refractivity contribution is 0.388. The van der Waals surface area contributed by atoms with Crippen LogP contribution in [0.2, 0.25) is 0 Å². The van der Waals surface area contributed by atoms with Gasteiger partial charge in [-0.05, 0) is 31.9 Å². The Morgan fingerprint density at radius 3 is 2.94 bits per heavy atom. The van der Waals surface area contributed by atoms with Crippen molar-refractivity contribution in [2.24, 2.45) is 0 Å². The number of ether oxygens (including phenoxy) is 1. The van der Waals surface area contributed by atoms with Gasteiger partial charge in [-0.25, -0.2) is 9.67 Å². The fourth-order valence-corrected chi connectivity index (χ4v) is 2.50. The molecule has 0 spiro atoms. The predicted octanol–water partition coefficient (Wildman–Crippen LogP) is 2.85. The third-order valence-corrected chi connectivity index (χ3v) is 3.49. The molecule has 2 heterocycles. The van der Waals surface area contributed by atoms with Crippen molar-refractivity contribution < 1.29 is 4.74 Å². The second-order valence-electron chi connectivity index (χ2n) is 4.74. The van der Waals surface area contributed by atoms with Crippen molar-refractivity contribution in [2.75, 3.05) is 7.11 Å². The summed E-state index contributed by atoms with van der Waals surface area (Å²) in [5, 5.41) is 4.64. The Kier molecular flexibility index (Phi) is 2.78. The average molecular weight is 243 g/mol. The van der Waals surface area contributed by atoms with E-state index in [9.17, 15) is 0 Å². The van der Waals surface area contributed by atoms with Gasteiger partial charge in [0.05, 0.1) is 18.7 Å². The molecule has 0 saturated carbocycles. The van der Waals surface area contributed by atoms with Gasteiger partial charge in [0, 0.05) is 6.42 Å². The van der Waals surface area contributed by atoms with Crippen LogP contribution in [0.25, 0.3) is 11.4 Å². The van der Waals surface area contributed by atoms with E-state index in [4.69, 9.17) is 4.74 Å². The first-order valence-electron chi connectivity index (χ1n) is 6.38. The number of aryl methyl sites for hydroxylation is 1. The standard InChI is InChI=1S/C14H17N3O/c1-10-6-5-9-13-15-14(16-17(10)13)11-7-3-4-8-12(11)18-2/h3-4,7-8,10H,5-6,9H2,1-2H3. The Morgan fingerprint density at radius 1 is 1.33 bits per heavy atom. The summed E-state index contributed by atoms with van der Waals surface area (Å²) in [4.78, 5) is 4.65. The highest BCUT2D eigenvalue weighted by molar-refractivity contribution is 5.63. The van der Waals surface area contributed by atoms with Crippen LogP contribution in [0.15, 0.2) is 24.3 Å². The highest BCUT2D eigenvalue weighted by atomic mass is 16.5. The monoisotopic (exact) mass is 243 g/mol. The molecule has 0 bridgehead atoms. The highest BCUT2D eigenvalue weighted by Gasteiger charge is 2.21. The number of methoxy groups -OCH3 is 1. The normalized spacial score (nSPS) is 18.4. The molecule has 0 amide bonds. The van der Waals surface area contributed by atoms with Gasteiger partial charge in [-0.15, -0.1) is 0 Å². The van der Waals surface area contributed by atoms with Crippen LogP contribution in [-0.2, 0) is 6.42 Å². The molecule has 1 atom stereocenters. The first kappa shape index (κ1) is 11.3. The molecule has 0 N–H and O–H groups in total. The molecule has 1 aliphatic heterocycles. The maximum atomic E-state index is 5.37. The summed E-state index contributed by atoms with van der Waals surface area (Å²) >= 11 is 0. The van der Waals surface area contributed by atoms with Crippen LogP contribution in [0, 0.1) is 0 Å². The summed E-state index contributed by atoms with van der Waals surface area (Å²) in [5.41, 5.74) is 0.967. The van der Waals surface area contributed by atoms with Crippen LogP contribution in [0.3, 0.4) is 0 Å². The van der Waals surface area contributed by atoms with Gasteiger partial charge in [0.1, 0.15) is 11.6 Å². The lowest BCUT2D eigenvalue weighted by Gasteiger charge is -2.18. The number of aromatic nitrogens is 3. The lowest BCUT2D eigenvalue weighted by Crippen LogP contribution is -2.16. The molecule has 4 nitrogen and oxygen atoms in total. The average Bonchev–Trinajstić information content (AvgIpc) is 2.84. The molecule has 0 saturated heterocycles. The van der Waals surface area contributed by atoms with E-state index in [0.717, 1.165) is 29.4 Å². The number of para-hydroxylation sites is 1. The molecule has 1 aliphatic rings. The van der Waals surface area contributed by atoms with Gasteiger partial charge >= 0.3 is 0 Å². The third kappa shape index (κ3) is 1.78. The largest absolute Gasteiger partial charge is 0.496 e. The number of rotatable bonds is 2. The van der Waals surface area contributed by atoms with E-state index in [2.05, 4.69) is 21.7 Å². The highest BCUT2D eigenvalue weighted by Crippen LogP contribution is 2.30. The molecule has 2 aromatic rings. The zero-order valence-corrected chi connectivity index (χ0v) is 10.8. The first-order valence-corrected chi connectivity index (χ1v) is 6.38. The minimum absolute atomic E-state index is 0.449. The Bertz CT molecular complexity index is 562. The van der Waals surface area contributed by atoms with Crippen LogP contribution in [0.5, 0.6) is 5.75 Å². The van der Waals surface area contributed by atoms with Gasteiger partial charge in [0.15, 0.2) is 5.82 Å². The summed E-state index contributed by atoms with van der Waals surface area (Å²) in [7, 11) is 1.68. The number of benzene rings is 1. The van der Waals surface area contributed by atoms with Crippen LogP contribution in [0.4, 0.5) is 0 Å². The Morgan fingerprint density at radius 2 is 2.17 bits per heavy atom. The van der Waals surface area contributed by atoms with Gasteiger partial charge in [-0.2, -0.15) is 5.10 Å². The Labute approximate surface area is 107 Å². The summed E-state index contributed by atoms with van der Waals surface area (Å²) in [6, 6.07) is 8.34. The van der Waals surface area contributed by atoms with E-state index in [-0.39, 0.29) is 0 Å². The summed E-state index contributed by atoms with van der Waals surface area (Å²) in [5.74, 6) is 2.69. The SMILES string of the molecule is COc1ccccc1-c1nc2n(n1)C(C)CCC2. The van der Waals surface area contributed by atoms with E-state index in [0.29, 0.717) is 6.04 Å². The second kappa shape index (κ2) is 4.44. The molecule has 3 rings (SSSR count). The molecule has 18 heavy (non-hydrogen) atoms. The van der Waals surface area contributed by atoms with Crippen LogP contribution in [0.1, 0.15) is 31.6 Å². The minimum Gasteiger partial charge on any atom is -0.496 e. The number of hydrogen-bond donors (Lipinski definition) is 0. The molecular weight excluding hydrogens is 226 g/mol. The number of hydrogen-bond acceptors (Lipinski definition) is 3. The fourth-order valence-electron chi connectivity index (χ4n) is 2.50. The van der Waals surface area contributed by atoms with Gasteiger partial charge in [-0.1, -0.05) is 12.1 Å². The summed E-state index contributed by atoms with van der Waals surface area (Å²) < 4.78 is 7.43. The van der Waals surface area contributed by atoms with Crippen molar-refractivity contribution in [1.82, 2.24) is 14.8 Å². The van der Waals surface area contributed by atoms with Gasteiger partial charge < -0.3 is 4.74 Å². The maximum absolute atomic E-state index is 5.37. The van der Waals surface area contributed by atoms with E-state index in [1.807, 2.05) is 24.3 Å². The zero-order chi connectivity index (χ0) is 12.5. The zero-order valence-electron chi connectivity index (χ0n) is 10.8. The molecule has 94 valence electrons. The van der Waals surface area contributed by atoms with Gasteiger partial charge in [0.25, 0.3) is 0 Å². The first-order chi connectivity index (χ1) is 8.79. The van der Waals surface area contributed by atoms with Gasteiger partial charge in [-0.3, -0.25) is 0 Å². The topological polar surface area (TPSA) is 39.9 Å². The molecule has 4 heteroatoms. The smallest absolute Gasteiger partial charge is 0.185 e. The van der Waals surface area contributed by atoms with Crippen molar-refractivity contribution in [3.63, 3.8) is 0 Å². The minimum atomic E-state index is 0.449. The lowest BCUT2D eigenvalue weighted by atomic mass is 10.1. The van der Waals surface area contributed by atoms with Gasteiger partial charge in [0.2, 0.25) is 0 Å². The number of nitrogens with zero attached hydrogens (tertiary/aromatic N) is 3. The van der Waals surface area contributed by atoms with Crippen molar-refractivity contribution >= 4 is 0 Å². The van der Waals surface area contributed by atoms with E-state index in [1.165, 1.54) is 12.8 Å². The molecule has 0 radical (unpaired) electrons. The van der Waals surface area contributed by atoms with Crippen molar-refractivity contribution in [3.8, 4) is 17.1 Å².